The van der Waals surface area contributed by atoms with E-state index in [2.05, 4.69) is 28.9 Å². The summed E-state index contributed by atoms with van der Waals surface area (Å²) in [5.74, 6) is 0.130. The molecule has 0 radical (unpaired) electrons. The molecule has 0 aliphatic carbocycles. The smallest absolute Gasteiger partial charge is 0.171 e. The zero-order chi connectivity index (χ0) is 13.3. The van der Waals surface area contributed by atoms with Crippen molar-refractivity contribution < 1.29 is 4.79 Å². The summed E-state index contributed by atoms with van der Waals surface area (Å²) < 4.78 is 0. The molecule has 1 aromatic heterocycles. The first-order valence-corrected chi connectivity index (χ1v) is 7.15. The number of carbonyl (C=O) groups is 1. The molecule has 1 aliphatic rings. The van der Waals surface area contributed by atoms with Crippen molar-refractivity contribution in [3.63, 3.8) is 0 Å². The van der Waals surface area contributed by atoms with Gasteiger partial charge in [0.2, 0.25) is 0 Å². The predicted octanol–water partition coefficient (Wildman–Crippen LogP) is 1.44. The summed E-state index contributed by atoms with van der Waals surface area (Å²) >= 11 is 1.56. The third kappa shape index (κ3) is 2.96. The molecule has 1 unspecified atom stereocenters. The number of aryl methyl sites for hydroxylation is 1. The standard InChI is InChI=1S/C13H21N3OS/c1-9-13(10(2)17)18-12(14-9)7-11-8-15(3)5-6-16(11)4/h11H,5-8H2,1-4H3. The number of thiazole rings is 1. The lowest BCUT2D eigenvalue weighted by Crippen LogP contribution is -2.50. The molecule has 18 heavy (non-hydrogen) atoms. The minimum absolute atomic E-state index is 0.130. The number of hydrogen-bond acceptors (Lipinski definition) is 5. The van der Waals surface area contributed by atoms with Crippen LogP contribution in [-0.2, 0) is 6.42 Å². The van der Waals surface area contributed by atoms with E-state index in [1.165, 1.54) is 0 Å². The molecule has 2 rings (SSSR count). The number of aromatic nitrogens is 1. The number of nitrogens with zero attached hydrogens (tertiary/aromatic N) is 3. The third-order valence-electron chi connectivity index (χ3n) is 3.55. The second kappa shape index (κ2) is 5.47. The zero-order valence-corrected chi connectivity index (χ0v) is 12.4. The second-order valence-electron chi connectivity index (χ2n) is 5.18. The van der Waals surface area contributed by atoms with E-state index in [1.807, 2.05) is 6.92 Å². The van der Waals surface area contributed by atoms with Gasteiger partial charge in [0.15, 0.2) is 5.78 Å². The van der Waals surface area contributed by atoms with Crippen LogP contribution in [0.4, 0.5) is 0 Å². The molecule has 4 nitrogen and oxygen atoms in total. The Morgan fingerprint density at radius 3 is 2.78 bits per heavy atom. The van der Waals surface area contributed by atoms with Crippen molar-refractivity contribution in [2.75, 3.05) is 33.7 Å². The highest BCUT2D eigenvalue weighted by molar-refractivity contribution is 7.13. The van der Waals surface area contributed by atoms with Gasteiger partial charge in [0.05, 0.1) is 15.6 Å². The lowest BCUT2D eigenvalue weighted by molar-refractivity contribution is 0.102. The Morgan fingerprint density at radius 1 is 1.44 bits per heavy atom. The van der Waals surface area contributed by atoms with E-state index in [9.17, 15) is 4.79 Å². The van der Waals surface area contributed by atoms with Crippen molar-refractivity contribution in [3.05, 3.63) is 15.6 Å². The quantitative estimate of drug-likeness (QED) is 0.777. The number of hydrogen-bond donors (Lipinski definition) is 0. The number of piperazine rings is 1. The molecule has 100 valence electrons. The Bertz CT molecular complexity index is 443. The van der Waals surface area contributed by atoms with E-state index in [0.717, 1.165) is 41.6 Å². The van der Waals surface area contributed by atoms with E-state index in [1.54, 1.807) is 18.3 Å². The number of Topliss-reactive ketones (excluding diaryl/α,β-unsaturated/α-hetero) is 1. The molecular weight excluding hydrogens is 246 g/mol. The summed E-state index contributed by atoms with van der Waals surface area (Å²) in [7, 11) is 4.33. The maximum Gasteiger partial charge on any atom is 0.171 e. The van der Waals surface area contributed by atoms with Crippen LogP contribution in [0.5, 0.6) is 0 Å². The first-order valence-electron chi connectivity index (χ1n) is 6.33. The minimum Gasteiger partial charge on any atom is -0.304 e. The molecular formula is C13H21N3OS. The van der Waals surface area contributed by atoms with Gasteiger partial charge in [-0.1, -0.05) is 0 Å². The molecule has 0 bridgehead atoms. The predicted molar refractivity (Wildman–Crippen MR) is 74.5 cm³/mol. The van der Waals surface area contributed by atoms with E-state index >= 15 is 0 Å². The highest BCUT2D eigenvalue weighted by Crippen LogP contribution is 2.21. The van der Waals surface area contributed by atoms with Gasteiger partial charge in [-0.2, -0.15) is 0 Å². The van der Waals surface area contributed by atoms with Gasteiger partial charge in [-0.15, -0.1) is 11.3 Å². The first kappa shape index (κ1) is 13.6. The summed E-state index contributed by atoms with van der Waals surface area (Å²) in [6, 6.07) is 0.508. The van der Waals surface area contributed by atoms with Gasteiger partial charge in [-0.25, -0.2) is 4.98 Å². The van der Waals surface area contributed by atoms with Gasteiger partial charge in [0.25, 0.3) is 0 Å². The van der Waals surface area contributed by atoms with Gasteiger partial charge in [0, 0.05) is 39.0 Å². The van der Waals surface area contributed by atoms with Crippen LogP contribution in [0.15, 0.2) is 0 Å². The van der Waals surface area contributed by atoms with Gasteiger partial charge in [-0.3, -0.25) is 4.79 Å². The highest BCUT2D eigenvalue weighted by Gasteiger charge is 2.24. The normalized spacial score (nSPS) is 22.3. The van der Waals surface area contributed by atoms with Crippen LogP contribution in [0, 0.1) is 6.92 Å². The Hall–Kier alpha value is -0.780. The van der Waals surface area contributed by atoms with Crippen molar-refractivity contribution in [1.29, 1.82) is 0 Å². The SMILES string of the molecule is CC(=O)c1sc(CC2CN(C)CCN2C)nc1C. The van der Waals surface area contributed by atoms with Gasteiger partial charge >= 0.3 is 0 Å². The lowest BCUT2D eigenvalue weighted by atomic mass is 10.1. The van der Waals surface area contributed by atoms with Gasteiger partial charge in [0.1, 0.15) is 0 Å². The Labute approximate surface area is 113 Å². The second-order valence-corrected chi connectivity index (χ2v) is 6.26. The maximum atomic E-state index is 11.4. The molecule has 0 spiro atoms. The average molecular weight is 267 g/mol. The Kier molecular flexibility index (Phi) is 4.14. The zero-order valence-electron chi connectivity index (χ0n) is 11.6. The molecule has 1 atom stereocenters. The Morgan fingerprint density at radius 2 is 2.17 bits per heavy atom. The van der Waals surface area contributed by atoms with Crippen LogP contribution < -0.4 is 0 Å². The molecule has 0 N–H and O–H groups in total. The topological polar surface area (TPSA) is 36.4 Å². The van der Waals surface area contributed by atoms with E-state index in [4.69, 9.17) is 0 Å². The molecule has 1 aliphatic heterocycles. The Balaban J connectivity index is 2.08. The van der Waals surface area contributed by atoms with Crippen molar-refractivity contribution in [2.24, 2.45) is 0 Å². The van der Waals surface area contributed by atoms with Crippen LogP contribution in [0.2, 0.25) is 0 Å². The summed E-state index contributed by atoms with van der Waals surface area (Å²) in [5, 5.41) is 1.09. The minimum atomic E-state index is 0.130. The molecule has 0 saturated carbocycles. The van der Waals surface area contributed by atoms with Crippen LogP contribution in [0.1, 0.15) is 27.3 Å². The fourth-order valence-corrected chi connectivity index (χ4v) is 3.42. The number of carbonyl (C=O) groups excluding carboxylic acids is 1. The van der Waals surface area contributed by atoms with Crippen molar-refractivity contribution in [3.8, 4) is 0 Å². The molecule has 5 heteroatoms. The molecule has 1 fully saturated rings. The van der Waals surface area contributed by atoms with E-state index in [0.29, 0.717) is 6.04 Å². The summed E-state index contributed by atoms with van der Waals surface area (Å²) in [6.07, 6.45) is 0.944. The monoisotopic (exact) mass is 267 g/mol. The summed E-state index contributed by atoms with van der Waals surface area (Å²) in [6.45, 7) is 6.84. The molecule has 0 aromatic carbocycles. The van der Waals surface area contributed by atoms with Crippen LogP contribution >= 0.6 is 11.3 Å². The van der Waals surface area contributed by atoms with Crippen LogP contribution in [0.25, 0.3) is 0 Å². The largest absolute Gasteiger partial charge is 0.304 e. The van der Waals surface area contributed by atoms with E-state index < -0.39 is 0 Å². The number of likely N-dealkylation sites (N-methyl/N-ethyl adjacent to an activating group) is 2. The third-order valence-corrected chi connectivity index (χ3v) is 4.83. The molecule has 2 heterocycles. The first-order chi connectivity index (χ1) is 8.47. The van der Waals surface area contributed by atoms with Crippen molar-refractivity contribution in [1.82, 2.24) is 14.8 Å². The fraction of sp³-hybridized carbons (Fsp3) is 0.692. The van der Waals surface area contributed by atoms with Crippen LogP contribution in [-0.4, -0.2) is 60.3 Å². The lowest BCUT2D eigenvalue weighted by Gasteiger charge is -2.37. The number of ketones is 1. The summed E-state index contributed by atoms with van der Waals surface area (Å²) in [5.41, 5.74) is 0.884. The van der Waals surface area contributed by atoms with Crippen molar-refractivity contribution in [2.45, 2.75) is 26.3 Å². The average Bonchev–Trinajstić information content (AvgIpc) is 2.65. The molecule has 0 amide bonds. The molecule has 1 aromatic rings. The fourth-order valence-electron chi connectivity index (χ4n) is 2.39. The summed E-state index contributed by atoms with van der Waals surface area (Å²) in [4.78, 5) is 21.5. The van der Waals surface area contributed by atoms with Crippen LogP contribution in [0.3, 0.4) is 0 Å². The van der Waals surface area contributed by atoms with Crippen molar-refractivity contribution >= 4 is 17.1 Å². The molecule has 1 saturated heterocycles. The van der Waals surface area contributed by atoms with Gasteiger partial charge < -0.3 is 9.80 Å². The van der Waals surface area contributed by atoms with Gasteiger partial charge in [-0.05, 0) is 21.0 Å². The highest BCUT2D eigenvalue weighted by atomic mass is 32.1. The maximum absolute atomic E-state index is 11.4. The van der Waals surface area contributed by atoms with E-state index in [-0.39, 0.29) is 5.78 Å². The number of rotatable bonds is 3.